The lowest BCUT2D eigenvalue weighted by Crippen LogP contribution is -2.39. The molecular weight excluding hydrogens is 342 g/mol. The molecule has 0 bridgehead atoms. The van der Waals surface area contributed by atoms with Crippen LogP contribution in [0.5, 0.6) is 0 Å². The summed E-state index contributed by atoms with van der Waals surface area (Å²) < 4.78 is 5.80. The number of carbonyl (C=O) groups excluding carboxylic acids is 2. The van der Waals surface area contributed by atoms with Gasteiger partial charge in [0.2, 0.25) is 5.91 Å². The number of H-pyrrole nitrogens is 1. The van der Waals surface area contributed by atoms with Gasteiger partial charge < -0.3 is 20.4 Å². The second kappa shape index (κ2) is 8.57. The number of likely N-dealkylation sites (N-methyl/N-ethyl adjacent to an activating group) is 1. The van der Waals surface area contributed by atoms with Crippen LogP contribution in [-0.4, -0.2) is 42.4 Å². The van der Waals surface area contributed by atoms with E-state index in [9.17, 15) is 9.59 Å². The first-order valence-corrected chi connectivity index (χ1v) is 9.41. The second-order valence-corrected chi connectivity index (χ2v) is 7.84. The highest BCUT2D eigenvalue weighted by atomic mass is 16.5. The number of nitrogens with two attached hydrogens (primary N) is 1. The third-order valence-corrected chi connectivity index (χ3v) is 4.92. The summed E-state index contributed by atoms with van der Waals surface area (Å²) in [7, 11) is 4.06. The quantitative estimate of drug-likeness (QED) is 0.661. The van der Waals surface area contributed by atoms with Crippen LogP contribution in [0.4, 0.5) is 0 Å². The number of aromatic nitrogens is 1. The SMILES string of the molecule is CCCC(=O)OC(c1cccc2[nH]cc(CCN(C)C)c12)C(C)(C)C(N)=O. The molecule has 0 aliphatic carbocycles. The Balaban J connectivity index is 2.56. The highest BCUT2D eigenvalue weighted by molar-refractivity contribution is 5.89. The smallest absolute Gasteiger partial charge is 0.306 e. The van der Waals surface area contributed by atoms with E-state index in [-0.39, 0.29) is 5.97 Å². The molecule has 6 nitrogen and oxygen atoms in total. The number of fused-ring (bicyclic) bond motifs is 1. The first-order valence-electron chi connectivity index (χ1n) is 9.41. The second-order valence-electron chi connectivity index (χ2n) is 7.84. The lowest BCUT2D eigenvalue weighted by atomic mass is 9.80. The number of aromatic amines is 1. The normalized spacial score (nSPS) is 13.1. The summed E-state index contributed by atoms with van der Waals surface area (Å²) in [6.45, 7) is 6.26. The molecule has 0 aliphatic heterocycles. The molecule has 1 amide bonds. The molecule has 1 heterocycles. The fourth-order valence-corrected chi connectivity index (χ4v) is 3.17. The molecule has 2 aromatic rings. The average molecular weight is 373 g/mol. The number of carbonyl (C=O) groups is 2. The number of amides is 1. The van der Waals surface area contributed by atoms with Crippen molar-refractivity contribution < 1.29 is 14.3 Å². The number of hydrogen-bond donors (Lipinski definition) is 2. The van der Waals surface area contributed by atoms with E-state index in [1.807, 2.05) is 45.4 Å². The molecule has 148 valence electrons. The Kier molecular flexibility index (Phi) is 6.65. The van der Waals surface area contributed by atoms with Crippen molar-refractivity contribution in [2.75, 3.05) is 20.6 Å². The van der Waals surface area contributed by atoms with Crippen LogP contribution in [0, 0.1) is 5.41 Å². The summed E-state index contributed by atoms with van der Waals surface area (Å²) in [5.41, 5.74) is 7.54. The van der Waals surface area contributed by atoms with E-state index in [0.29, 0.717) is 12.8 Å². The highest BCUT2D eigenvalue weighted by Crippen LogP contribution is 2.41. The number of primary amides is 1. The Bertz CT molecular complexity index is 808. The van der Waals surface area contributed by atoms with Gasteiger partial charge in [0.1, 0.15) is 6.10 Å². The van der Waals surface area contributed by atoms with Gasteiger partial charge in [-0.1, -0.05) is 19.1 Å². The maximum absolute atomic E-state index is 12.3. The van der Waals surface area contributed by atoms with Gasteiger partial charge in [-0.05, 0) is 52.4 Å². The summed E-state index contributed by atoms with van der Waals surface area (Å²) in [4.78, 5) is 29.9. The van der Waals surface area contributed by atoms with E-state index >= 15 is 0 Å². The van der Waals surface area contributed by atoms with Crippen LogP contribution >= 0.6 is 0 Å². The van der Waals surface area contributed by atoms with Crippen molar-refractivity contribution in [3.8, 4) is 0 Å². The van der Waals surface area contributed by atoms with E-state index in [4.69, 9.17) is 10.5 Å². The Morgan fingerprint density at radius 1 is 1.30 bits per heavy atom. The van der Waals surface area contributed by atoms with Gasteiger partial charge in [0.05, 0.1) is 5.41 Å². The summed E-state index contributed by atoms with van der Waals surface area (Å²) >= 11 is 0. The van der Waals surface area contributed by atoms with Crippen LogP contribution in [0.2, 0.25) is 0 Å². The van der Waals surface area contributed by atoms with Gasteiger partial charge in [0.25, 0.3) is 0 Å². The van der Waals surface area contributed by atoms with Crippen LogP contribution in [-0.2, 0) is 20.7 Å². The first-order chi connectivity index (χ1) is 12.7. The fraction of sp³-hybridized carbons (Fsp3) is 0.524. The molecule has 6 heteroatoms. The molecule has 2 rings (SSSR count). The van der Waals surface area contributed by atoms with Gasteiger partial charge >= 0.3 is 5.97 Å². The summed E-state index contributed by atoms with van der Waals surface area (Å²) in [5.74, 6) is -0.821. The highest BCUT2D eigenvalue weighted by Gasteiger charge is 2.40. The maximum atomic E-state index is 12.3. The minimum absolute atomic E-state index is 0.307. The predicted molar refractivity (Wildman–Crippen MR) is 107 cm³/mol. The standard InChI is InChI=1S/C21H31N3O3/c1-6-8-17(25)27-19(21(2,3)20(22)26)15-9-7-10-16-18(15)14(13-23-16)11-12-24(4)5/h7,9-10,13,19,23H,6,8,11-12H2,1-5H3,(H2,22,26). The summed E-state index contributed by atoms with van der Waals surface area (Å²) in [6, 6.07) is 5.81. The van der Waals surface area contributed by atoms with E-state index in [0.717, 1.165) is 35.0 Å². The zero-order valence-corrected chi connectivity index (χ0v) is 17.0. The van der Waals surface area contributed by atoms with Crippen molar-refractivity contribution in [3.05, 3.63) is 35.5 Å². The number of benzene rings is 1. The lowest BCUT2D eigenvalue weighted by Gasteiger charge is -2.32. The number of ether oxygens (including phenoxy) is 1. The third kappa shape index (κ3) is 4.69. The molecule has 0 saturated heterocycles. The maximum Gasteiger partial charge on any atom is 0.306 e. The number of nitrogens with one attached hydrogen (secondary N) is 1. The van der Waals surface area contributed by atoms with Crippen LogP contribution in [0.15, 0.2) is 24.4 Å². The van der Waals surface area contributed by atoms with Crippen LogP contribution in [0.1, 0.15) is 50.8 Å². The summed E-state index contributed by atoms with van der Waals surface area (Å²) in [5, 5.41) is 1.00. The zero-order chi connectivity index (χ0) is 20.2. The van der Waals surface area contributed by atoms with E-state index in [2.05, 4.69) is 9.88 Å². The molecule has 3 N–H and O–H groups in total. The van der Waals surface area contributed by atoms with Crippen LogP contribution in [0.25, 0.3) is 10.9 Å². The molecular formula is C21H31N3O3. The Labute approximate surface area is 161 Å². The Morgan fingerprint density at radius 3 is 2.59 bits per heavy atom. The molecule has 1 atom stereocenters. The first kappa shape index (κ1) is 21.0. The van der Waals surface area contributed by atoms with Crippen molar-refractivity contribution in [2.24, 2.45) is 11.1 Å². The Morgan fingerprint density at radius 2 is 2.00 bits per heavy atom. The van der Waals surface area contributed by atoms with Gasteiger partial charge in [-0.2, -0.15) is 0 Å². The van der Waals surface area contributed by atoms with Gasteiger partial charge in [0, 0.05) is 35.6 Å². The number of esters is 1. The minimum Gasteiger partial charge on any atom is -0.456 e. The summed E-state index contributed by atoms with van der Waals surface area (Å²) in [6.07, 6.45) is 3.08. The fourth-order valence-electron chi connectivity index (χ4n) is 3.17. The van der Waals surface area contributed by atoms with Crippen molar-refractivity contribution in [2.45, 2.75) is 46.1 Å². The van der Waals surface area contributed by atoms with Crippen molar-refractivity contribution in [1.29, 1.82) is 0 Å². The molecule has 1 aromatic carbocycles. The topological polar surface area (TPSA) is 88.4 Å². The van der Waals surface area contributed by atoms with E-state index in [1.54, 1.807) is 13.8 Å². The molecule has 0 radical (unpaired) electrons. The third-order valence-electron chi connectivity index (χ3n) is 4.92. The number of nitrogens with zero attached hydrogens (tertiary/aromatic N) is 1. The lowest BCUT2D eigenvalue weighted by molar-refractivity contribution is -0.159. The predicted octanol–water partition coefficient (Wildman–Crippen LogP) is 3.17. The molecule has 0 saturated carbocycles. The van der Waals surface area contributed by atoms with Gasteiger partial charge in [0.15, 0.2) is 0 Å². The van der Waals surface area contributed by atoms with Gasteiger partial charge in [-0.15, -0.1) is 0 Å². The molecule has 1 unspecified atom stereocenters. The molecule has 0 aliphatic rings. The van der Waals surface area contributed by atoms with Gasteiger partial charge in [-0.3, -0.25) is 9.59 Å². The van der Waals surface area contributed by atoms with E-state index < -0.39 is 17.4 Å². The monoisotopic (exact) mass is 373 g/mol. The van der Waals surface area contributed by atoms with Gasteiger partial charge in [-0.25, -0.2) is 0 Å². The zero-order valence-electron chi connectivity index (χ0n) is 17.0. The van der Waals surface area contributed by atoms with E-state index in [1.165, 1.54) is 0 Å². The molecule has 0 spiro atoms. The molecule has 27 heavy (non-hydrogen) atoms. The van der Waals surface area contributed by atoms with Crippen molar-refractivity contribution in [3.63, 3.8) is 0 Å². The average Bonchev–Trinajstić information content (AvgIpc) is 3.01. The van der Waals surface area contributed by atoms with Crippen LogP contribution in [0.3, 0.4) is 0 Å². The van der Waals surface area contributed by atoms with Crippen LogP contribution < -0.4 is 5.73 Å². The van der Waals surface area contributed by atoms with Crippen molar-refractivity contribution in [1.82, 2.24) is 9.88 Å². The number of hydrogen-bond acceptors (Lipinski definition) is 4. The molecule has 0 fully saturated rings. The van der Waals surface area contributed by atoms with Crippen molar-refractivity contribution >= 4 is 22.8 Å². The molecule has 1 aromatic heterocycles. The Hall–Kier alpha value is -2.34. The largest absolute Gasteiger partial charge is 0.456 e. The number of rotatable bonds is 9. The minimum atomic E-state index is -1.03.